The second-order valence-electron chi connectivity index (χ2n) is 3.54. The first kappa shape index (κ1) is 12.7. The number of benzene rings is 1. The average molecular weight is 235 g/mol. The van der Waals surface area contributed by atoms with Gasteiger partial charge in [-0.1, -0.05) is 0 Å². The molecule has 0 saturated heterocycles. The standard InChI is InChI=1S/C12H17N3S/c1-16-7-3-2-6-15-12-8-10(9-13)4-5-11(12)14/h4-5,8,15H,2-3,6-7,14H2,1H3. The normalized spacial score (nSPS) is 9.75. The Kier molecular flexibility index (Phi) is 5.58. The number of rotatable bonds is 6. The zero-order valence-corrected chi connectivity index (χ0v) is 10.3. The minimum atomic E-state index is 0.640. The van der Waals surface area contributed by atoms with Gasteiger partial charge in [0.2, 0.25) is 0 Å². The van der Waals surface area contributed by atoms with Crippen LogP contribution in [0.3, 0.4) is 0 Å². The van der Waals surface area contributed by atoms with Crippen LogP contribution in [0.2, 0.25) is 0 Å². The summed E-state index contributed by atoms with van der Waals surface area (Å²) >= 11 is 1.86. The molecule has 3 N–H and O–H groups in total. The molecular weight excluding hydrogens is 218 g/mol. The smallest absolute Gasteiger partial charge is 0.0992 e. The quantitative estimate of drug-likeness (QED) is 0.588. The molecule has 0 bridgehead atoms. The molecule has 0 aliphatic carbocycles. The van der Waals surface area contributed by atoms with Crippen LogP contribution in [0.15, 0.2) is 18.2 Å². The Hall–Kier alpha value is -1.34. The number of nitrogens with zero attached hydrogens (tertiary/aromatic N) is 1. The number of nitrogens with two attached hydrogens (primary N) is 1. The van der Waals surface area contributed by atoms with Crippen molar-refractivity contribution in [2.24, 2.45) is 0 Å². The van der Waals surface area contributed by atoms with Crippen molar-refractivity contribution in [1.82, 2.24) is 0 Å². The van der Waals surface area contributed by atoms with E-state index in [0.717, 1.165) is 18.7 Å². The molecule has 4 heteroatoms. The summed E-state index contributed by atoms with van der Waals surface area (Å²) in [6.07, 6.45) is 4.44. The summed E-state index contributed by atoms with van der Waals surface area (Å²) in [7, 11) is 0. The highest BCUT2D eigenvalue weighted by molar-refractivity contribution is 7.98. The van der Waals surface area contributed by atoms with Crippen LogP contribution in [-0.2, 0) is 0 Å². The number of nitriles is 1. The van der Waals surface area contributed by atoms with E-state index in [9.17, 15) is 0 Å². The van der Waals surface area contributed by atoms with Crippen LogP contribution in [-0.4, -0.2) is 18.6 Å². The van der Waals surface area contributed by atoms with E-state index >= 15 is 0 Å². The van der Waals surface area contributed by atoms with Crippen molar-refractivity contribution >= 4 is 23.1 Å². The van der Waals surface area contributed by atoms with Gasteiger partial charge >= 0.3 is 0 Å². The molecular formula is C12H17N3S. The molecule has 0 spiro atoms. The van der Waals surface area contributed by atoms with Gasteiger partial charge in [-0.05, 0) is 43.0 Å². The van der Waals surface area contributed by atoms with Crippen LogP contribution < -0.4 is 11.1 Å². The van der Waals surface area contributed by atoms with Crippen molar-refractivity contribution in [3.05, 3.63) is 23.8 Å². The fourth-order valence-electron chi connectivity index (χ4n) is 1.37. The Morgan fingerprint density at radius 3 is 2.94 bits per heavy atom. The molecule has 0 radical (unpaired) electrons. The topological polar surface area (TPSA) is 61.8 Å². The van der Waals surface area contributed by atoms with Gasteiger partial charge in [0.25, 0.3) is 0 Å². The van der Waals surface area contributed by atoms with Crippen LogP contribution in [0.4, 0.5) is 11.4 Å². The first-order valence-electron chi connectivity index (χ1n) is 5.30. The van der Waals surface area contributed by atoms with Crippen LogP contribution in [0.5, 0.6) is 0 Å². The van der Waals surface area contributed by atoms with Gasteiger partial charge in [0.15, 0.2) is 0 Å². The largest absolute Gasteiger partial charge is 0.397 e. The van der Waals surface area contributed by atoms with Crippen molar-refractivity contribution < 1.29 is 0 Å². The zero-order valence-electron chi connectivity index (χ0n) is 9.49. The molecule has 0 heterocycles. The summed E-state index contributed by atoms with van der Waals surface area (Å²) in [4.78, 5) is 0. The van der Waals surface area contributed by atoms with Crippen molar-refractivity contribution in [1.29, 1.82) is 5.26 Å². The van der Waals surface area contributed by atoms with E-state index in [-0.39, 0.29) is 0 Å². The van der Waals surface area contributed by atoms with Gasteiger partial charge in [0.1, 0.15) is 0 Å². The maximum Gasteiger partial charge on any atom is 0.0992 e. The summed E-state index contributed by atoms with van der Waals surface area (Å²) in [5.41, 5.74) is 8.01. The lowest BCUT2D eigenvalue weighted by Gasteiger charge is -2.09. The van der Waals surface area contributed by atoms with Gasteiger partial charge in [0.05, 0.1) is 23.0 Å². The number of hydrogen-bond donors (Lipinski definition) is 2. The van der Waals surface area contributed by atoms with Gasteiger partial charge < -0.3 is 11.1 Å². The lowest BCUT2D eigenvalue weighted by atomic mass is 10.2. The van der Waals surface area contributed by atoms with Gasteiger partial charge in [-0.3, -0.25) is 0 Å². The zero-order chi connectivity index (χ0) is 11.8. The lowest BCUT2D eigenvalue weighted by molar-refractivity contribution is 0.843. The third kappa shape index (κ3) is 4.03. The Balaban J connectivity index is 2.44. The molecule has 0 aromatic heterocycles. The van der Waals surface area contributed by atoms with Crippen molar-refractivity contribution in [3.63, 3.8) is 0 Å². The van der Waals surface area contributed by atoms with E-state index in [4.69, 9.17) is 11.0 Å². The third-order valence-corrected chi connectivity index (χ3v) is 2.97. The monoisotopic (exact) mass is 235 g/mol. The number of thioether (sulfide) groups is 1. The van der Waals surface area contributed by atoms with Crippen LogP contribution in [0, 0.1) is 11.3 Å². The van der Waals surface area contributed by atoms with E-state index in [0.29, 0.717) is 11.3 Å². The van der Waals surface area contributed by atoms with Gasteiger partial charge in [0, 0.05) is 6.54 Å². The molecule has 0 saturated carbocycles. The van der Waals surface area contributed by atoms with Gasteiger partial charge in [-0.2, -0.15) is 17.0 Å². The molecule has 0 aliphatic rings. The maximum atomic E-state index is 8.77. The predicted molar refractivity (Wildman–Crippen MR) is 71.7 cm³/mol. The molecule has 3 nitrogen and oxygen atoms in total. The fraction of sp³-hybridized carbons (Fsp3) is 0.417. The molecule has 0 atom stereocenters. The first-order valence-corrected chi connectivity index (χ1v) is 6.69. The van der Waals surface area contributed by atoms with Crippen molar-refractivity contribution in [2.75, 3.05) is 29.6 Å². The average Bonchev–Trinajstić information content (AvgIpc) is 2.31. The molecule has 0 unspecified atom stereocenters. The Morgan fingerprint density at radius 2 is 2.25 bits per heavy atom. The minimum absolute atomic E-state index is 0.640. The van der Waals surface area contributed by atoms with Gasteiger partial charge in [-0.25, -0.2) is 0 Å². The van der Waals surface area contributed by atoms with E-state index in [2.05, 4.69) is 17.6 Å². The number of hydrogen-bond acceptors (Lipinski definition) is 4. The summed E-state index contributed by atoms with van der Waals surface area (Å²) in [5.74, 6) is 1.19. The van der Waals surface area contributed by atoms with Crippen LogP contribution >= 0.6 is 11.8 Å². The SMILES string of the molecule is CSCCCCNc1cc(C#N)ccc1N. The number of unbranched alkanes of at least 4 members (excludes halogenated alkanes) is 1. The number of nitrogen functional groups attached to an aromatic ring is 1. The maximum absolute atomic E-state index is 8.77. The second-order valence-corrected chi connectivity index (χ2v) is 4.53. The number of anilines is 2. The first-order chi connectivity index (χ1) is 7.77. The van der Waals surface area contributed by atoms with E-state index in [1.807, 2.05) is 11.8 Å². The molecule has 0 fully saturated rings. The summed E-state index contributed by atoms with van der Waals surface area (Å²) in [5, 5.41) is 12.0. The number of nitrogens with one attached hydrogen (secondary N) is 1. The highest BCUT2D eigenvalue weighted by atomic mass is 32.2. The van der Waals surface area contributed by atoms with Crippen LogP contribution in [0.1, 0.15) is 18.4 Å². The van der Waals surface area contributed by atoms with Crippen molar-refractivity contribution in [2.45, 2.75) is 12.8 Å². The summed E-state index contributed by atoms with van der Waals surface area (Å²) in [6, 6.07) is 7.40. The molecule has 0 aliphatic heterocycles. The Bertz CT molecular complexity index is 371. The highest BCUT2D eigenvalue weighted by Gasteiger charge is 1.99. The van der Waals surface area contributed by atoms with E-state index in [1.54, 1.807) is 18.2 Å². The fourth-order valence-corrected chi connectivity index (χ4v) is 1.87. The Morgan fingerprint density at radius 1 is 1.44 bits per heavy atom. The minimum Gasteiger partial charge on any atom is -0.397 e. The summed E-state index contributed by atoms with van der Waals surface area (Å²) in [6.45, 7) is 0.902. The highest BCUT2D eigenvalue weighted by Crippen LogP contribution is 2.19. The third-order valence-electron chi connectivity index (χ3n) is 2.27. The van der Waals surface area contributed by atoms with E-state index in [1.165, 1.54) is 12.2 Å². The molecule has 1 aromatic carbocycles. The Labute approximate surface area is 101 Å². The lowest BCUT2D eigenvalue weighted by Crippen LogP contribution is -2.04. The second kappa shape index (κ2) is 7.02. The molecule has 16 heavy (non-hydrogen) atoms. The molecule has 0 amide bonds. The molecule has 1 aromatic rings. The van der Waals surface area contributed by atoms with E-state index < -0.39 is 0 Å². The van der Waals surface area contributed by atoms with Crippen molar-refractivity contribution in [3.8, 4) is 6.07 Å². The summed E-state index contributed by atoms with van der Waals surface area (Å²) < 4.78 is 0. The molecule has 1 rings (SSSR count). The predicted octanol–water partition coefficient (Wildman–Crippen LogP) is 2.70. The molecule has 86 valence electrons. The van der Waals surface area contributed by atoms with Gasteiger partial charge in [-0.15, -0.1) is 0 Å². The van der Waals surface area contributed by atoms with Crippen LogP contribution in [0.25, 0.3) is 0 Å².